The van der Waals surface area contributed by atoms with Crippen molar-refractivity contribution in [2.24, 2.45) is 17.8 Å². The summed E-state index contributed by atoms with van der Waals surface area (Å²) >= 11 is 0. The first kappa shape index (κ1) is 20.7. The number of aliphatic hydroxyl groups is 2. The van der Waals surface area contributed by atoms with Crippen LogP contribution in [0.25, 0.3) is 0 Å². The van der Waals surface area contributed by atoms with E-state index >= 15 is 0 Å². The van der Waals surface area contributed by atoms with Gasteiger partial charge in [-0.3, -0.25) is 0 Å². The minimum Gasteiger partial charge on any atom is -0.392 e. The van der Waals surface area contributed by atoms with Crippen molar-refractivity contribution in [3.8, 4) is 0 Å². The van der Waals surface area contributed by atoms with Gasteiger partial charge in [0.2, 0.25) is 0 Å². The van der Waals surface area contributed by atoms with E-state index in [4.69, 9.17) is 0 Å². The Morgan fingerprint density at radius 3 is 2.76 bits per heavy atom. The molecule has 3 nitrogen and oxygen atoms in total. The Hall–Kier alpha value is -0.640. The fraction of sp³-hybridized carbons (Fsp3) is 0.818. The van der Waals surface area contributed by atoms with E-state index < -0.39 is 0 Å². The van der Waals surface area contributed by atoms with Crippen LogP contribution in [0, 0.1) is 17.8 Å². The average Bonchev–Trinajstić information content (AvgIpc) is 3.06. The Morgan fingerprint density at radius 1 is 1.24 bits per heavy atom. The van der Waals surface area contributed by atoms with Gasteiger partial charge in [-0.25, -0.2) is 0 Å². The molecule has 0 aromatic heterocycles. The first-order valence-electron chi connectivity index (χ1n) is 10.4. The molecule has 144 valence electrons. The van der Waals surface area contributed by atoms with Gasteiger partial charge in [0.05, 0.1) is 12.2 Å². The van der Waals surface area contributed by atoms with Crippen molar-refractivity contribution in [3.63, 3.8) is 0 Å². The second-order valence-corrected chi connectivity index (χ2v) is 8.45. The smallest absolute Gasteiger partial charge is 0.0721 e. The number of hydrogen-bond acceptors (Lipinski definition) is 3. The van der Waals surface area contributed by atoms with Crippen molar-refractivity contribution in [2.45, 2.75) is 76.9 Å². The van der Waals surface area contributed by atoms with Crippen LogP contribution in [-0.2, 0) is 0 Å². The second kappa shape index (κ2) is 10.5. The van der Waals surface area contributed by atoms with E-state index in [1.54, 1.807) is 5.57 Å². The molecule has 2 N–H and O–H groups in total. The molecule has 0 radical (unpaired) electrons. The molecule has 0 unspecified atom stereocenters. The molecule has 0 saturated heterocycles. The quantitative estimate of drug-likeness (QED) is 0.435. The third kappa shape index (κ3) is 6.54. The van der Waals surface area contributed by atoms with Crippen LogP contribution in [0.2, 0.25) is 0 Å². The van der Waals surface area contributed by atoms with Gasteiger partial charge >= 0.3 is 0 Å². The van der Waals surface area contributed by atoms with Gasteiger partial charge in [-0.05, 0) is 71.0 Å². The van der Waals surface area contributed by atoms with E-state index in [1.807, 2.05) is 6.08 Å². The molecule has 0 aromatic rings. The van der Waals surface area contributed by atoms with Crippen molar-refractivity contribution in [3.05, 3.63) is 23.8 Å². The van der Waals surface area contributed by atoms with Crippen LogP contribution in [0.15, 0.2) is 23.8 Å². The third-order valence-corrected chi connectivity index (χ3v) is 5.96. The van der Waals surface area contributed by atoms with Crippen LogP contribution in [0.5, 0.6) is 0 Å². The molecule has 0 amide bonds. The van der Waals surface area contributed by atoms with E-state index in [9.17, 15) is 10.2 Å². The highest BCUT2D eigenvalue weighted by Gasteiger charge is 2.43. The summed E-state index contributed by atoms with van der Waals surface area (Å²) in [7, 11) is 4.27. The molecule has 0 aliphatic heterocycles. The minimum atomic E-state index is -0.349. The van der Waals surface area contributed by atoms with Crippen molar-refractivity contribution in [1.82, 2.24) is 4.90 Å². The molecule has 0 spiro atoms. The maximum atomic E-state index is 10.4. The molecule has 2 aliphatic rings. The van der Waals surface area contributed by atoms with E-state index in [0.29, 0.717) is 11.8 Å². The lowest BCUT2D eigenvalue weighted by atomic mass is 9.88. The molecule has 1 saturated carbocycles. The monoisotopic (exact) mass is 349 g/mol. The molecule has 0 heterocycles. The predicted molar refractivity (Wildman–Crippen MR) is 105 cm³/mol. The summed E-state index contributed by atoms with van der Waals surface area (Å²) in [6.07, 6.45) is 16.0. The zero-order valence-electron chi connectivity index (χ0n) is 16.5. The predicted octanol–water partition coefficient (Wildman–Crippen LogP) is 4.16. The maximum Gasteiger partial charge on any atom is 0.0721 e. The summed E-state index contributed by atoms with van der Waals surface area (Å²) in [5.41, 5.74) is 1.60. The van der Waals surface area contributed by atoms with Gasteiger partial charge in [-0.15, -0.1) is 0 Å². The summed E-state index contributed by atoms with van der Waals surface area (Å²) in [6.45, 7) is 3.35. The van der Waals surface area contributed by atoms with Crippen molar-refractivity contribution in [2.75, 3.05) is 20.6 Å². The van der Waals surface area contributed by atoms with E-state index in [2.05, 4.69) is 38.1 Å². The molecular formula is C22H39NO2. The van der Waals surface area contributed by atoms with Crippen molar-refractivity contribution >= 4 is 0 Å². The molecule has 3 heteroatoms. The molecule has 2 rings (SSSR count). The third-order valence-electron chi connectivity index (χ3n) is 5.96. The number of aliphatic hydroxyl groups excluding tert-OH is 2. The van der Waals surface area contributed by atoms with Gasteiger partial charge in [-0.2, -0.15) is 0 Å². The number of hydrogen-bond donors (Lipinski definition) is 2. The minimum absolute atomic E-state index is 0.223. The number of fused-ring (bicyclic) bond motifs is 1. The topological polar surface area (TPSA) is 43.7 Å². The number of allylic oxidation sites excluding steroid dienone is 2. The molecule has 25 heavy (non-hydrogen) atoms. The Morgan fingerprint density at radius 2 is 2.04 bits per heavy atom. The van der Waals surface area contributed by atoms with Gasteiger partial charge in [-0.1, -0.05) is 50.0 Å². The Balaban J connectivity index is 1.78. The van der Waals surface area contributed by atoms with Gasteiger partial charge in [0.1, 0.15) is 0 Å². The van der Waals surface area contributed by atoms with Crippen LogP contribution < -0.4 is 0 Å². The van der Waals surface area contributed by atoms with Crippen molar-refractivity contribution in [1.29, 1.82) is 0 Å². The lowest BCUT2D eigenvalue weighted by Gasteiger charge is -2.19. The fourth-order valence-corrected chi connectivity index (χ4v) is 4.53. The molecule has 5 atom stereocenters. The lowest BCUT2D eigenvalue weighted by molar-refractivity contribution is 0.139. The Labute approximate surface area is 154 Å². The van der Waals surface area contributed by atoms with E-state index in [1.165, 1.54) is 38.6 Å². The van der Waals surface area contributed by atoms with Crippen LogP contribution in [0.4, 0.5) is 0 Å². The van der Waals surface area contributed by atoms with Crippen LogP contribution in [0.3, 0.4) is 0 Å². The summed E-state index contributed by atoms with van der Waals surface area (Å²) in [5, 5.41) is 20.5. The highest BCUT2D eigenvalue weighted by Crippen LogP contribution is 2.48. The molecule has 0 aromatic carbocycles. The molecular weight excluding hydrogens is 310 g/mol. The first-order chi connectivity index (χ1) is 12.0. The van der Waals surface area contributed by atoms with Crippen LogP contribution in [0.1, 0.15) is 64.7 Å². The number of nitrogens with zero attached hydrogens (tertiary/aromatic N) is 1. The van der Waals surface area contributed by atoms with Gasteiger partial charge in [0.15, 0.2) is 0 Å². The van der Waals surface area contributed by atoms with Crippen LogP contribution >= 0.6 is 0 Å². The summed E-state index contributed by atoms with van der Waals surface area (Å²) in [6, 6.07) is 0. The summed E-state index contributed by atoms with van der Waals surface area (Å²) in [4.78, 5) is 2.25. The maximum absolute atomic E-state index is 10.4. The van der Waals surface area contributed by atoms with E-state index in [0.717, 1.165) is 25.7 Å². The zero-order valence-corrected chi connectivity index (χ0v) is 16.5. The van der Waals surface area contributed by atoms with Gasteiger partial charge in [0.25, 0.3) is 0 Å². The normalized spacial score (nSPS) is 30.2. The number of rotatable bonds is 11. The zero-order chi connectivity index (χ0) is 18.2. The molecule has 1 fully saturated rings. The highest BCUT2D eigenvalue weighted by atomic mass is 16.3. The van der Waals surface area contributed by atoms with Crippen molar-refractivity contribution < 1.29 is 10.2 Å². The summed E-state index contributed by atoms with van der Waals surface area (Å²) in [5.74, 6) is 1.32. The second-order valence-electron chi connectivity index (χ2n) is 8.45. The van der Waals surface area contributed by atoms with Gasteiger partial charge < -0.3 is 15.1 Å². The number of unbranched alkanes of at least 4 members (excludes halogenated alkanes) is 3. The van der Waals surface area contributed by atoms with Gasteiger partial charge in [0, 0.05) is 5.92 Å². The Kier molecular flexibility index (Phi) is 8.68. The standard InChI is InChI=1S/C22H39NO2/c1-4-5-6-10-19(24)11-12-20-21-15-17(9-7-8-13-23(2)3)14-18(21)16-22(20)25/h11-12,14,18-22,24-25H,4-10,13,15-16H2,1-3H3/b12-11+/t18-,19-,20+,21-,22+/m0/s1. The fourth-order valence-electron chi connectivity index (χ4n) is 4.53. The molecule has 2 aliphatic carbocycles. The summed E-state index contributed by atoms with van der Waals surface area (Å²) < 4.78 is 0. The molecule has 0 bridgehead atoms. The average molecular weight is 350 g/mol. The Bertz CT molecular complexity index is 443. The van der Waals surface area contributed by atoms with E-state index in [-0.39, 0.29) is 18.1 Å². The largest absolute Gasteiger partial charge is 0.392 e. The first-order valence-corrected chi connectivity index (χ1v) is 10.4. The van der Waals surface area contributed by atoms with Crippen LogP contribution in [-0.4, -0.2) is 48.0 Å². The lowest BCUT2D eigenvalue weighted by Crippen LogP contribution is -2.18. The SMILES string of the molecule is CCCCC[C@H](O)/C=C/[C@@H]1[C@H]2CC(CCCCN(C)C)=C[C@H]2C[C@H]1O. The highest BCUT2D eigenvalue weighted by molar-refractivity contribution is 5.20.